The van der Waals surface area contributed by atoms with Crippen molar-refractivity contribution < 1.29 is 9.59 Å². The van der Waals surface area contributed by atoms with E-state index in [-0.39, 0.29) is 5.75 Å². The van der Waals surface area contributed by atoms with Gasteiger partial charge in [0.1, 0.15) is 5.82 Å². The minimum absolute atomic E-state index is 0.0663. The zero-order valence-electron chi connectivity index (χ0n) is 12.6. The first-order chi connectivity index (χ1) is 11.2. The molecule has 8 heteroatoms. The first kappa shape index (κ1) is 16.8. The van der Waals surface area contributed by atoms with E-state index in [9.17, 15) is 9.59 Å². The number of thioether (sulfide) groups is 1. The molecular formula is C15H17N5O2S. The van der Waals surface area contributed by atoms with Gasteiger partial charge in [-0.25, -0.2) is 9.78 Å². The molecule has 0 spiro atoms. The van der Waals surface area contributed by atoms with E-state index in [1.165, 1.54) is 0 Å². The van der Waals surface area contributed by atoms with Gasteiger partial charge in [0.25, 0.3) is 0 Å². The Hall–Kier alpha value is -2.61. The molecule has 7 nitrogen and oxygen atoms in total. The largest absolute Gasteiger partial charge is 0.338 e. The van der Waals surface area contributed by atoms with Crippen LogP contribution in [0, 0.1) is 0 Å². The van der Waals surface area contributed by atoms with Crippen molar-refractivity contribution in [2.75, 3.05) is 12.3 Å². The van der Waals surface area contributed by atoms with Gasteiger partial charge in [0, 0.05) is 6.54 Å². The van der Waals surface area contributed by atoms with Crippen LogP contribution in [0.5, 0.6) is 0 Å². The highest BCUT2D eigenvalue weighted by molar-refractivity contribution is 7.99. The molecule has 23 heavy (non-hydrogen) atoms. The summed E-state index contributed by atoms with van der Waals surface area (Å²) in [6.07, 6.45) is 3.72. The minimum atomic E-state index is -0.500. The van der Waals surface area contributed by atoms with Crippen LogP contribution in [0.4, 0.5) is 4.79 Å². The summed E-state index contributed by atoms with van der Waals surface area (Å²) in [4.78, 5) is 27.0. The molecule has 0 saturated carbocycles. The minimum Gasteiger partial charge on any atom is -0.338 e. The van der Waals surface area contributed by atoms with Gasteiger partial charge < -0.3 is 5.32 Å². The number of carbonyl (C=O) groups excluding carboxylic acids is 2. The van der Waals surface area contributed by atoms with Gasteiger partial charge in [0.05, 0.1) is 5.75 Å². The van der Waals surface area contributed by atoms with Crippen LogP contribution in [0.25, 0.3) is 12.2 Å². The molecule has 0 fully saturated rings. The van der Waals surface area contributed by atoms with E-state index >= 15 is 0 Å². The molecule has 0 aliphatic rings. The summed E-state index contributed by atoms with van der Waals surface area (Å²) in [5.74, 6) is 0.268. The number of nitrogens with zero attached hydrogens (tertiary/aromatic N) is 2. The lowest BCUT2D eigenvalue weighted by atomic mass is 10.2. The van der Waals surface area contributed by atoms with Crippen LogP contribution >= 0.6 is 11.8 Å². The van der Waals surface area contributed by atoms with E-state index in [2.05, 4.69) is 25.8 Å². The Morgan fingerprint density at radius 1 is 1.26 bits per heavy atom. The highest BCUT2D eigenvalue weighted by atomic mass is 32.2. The van der Waals surface area contributed by atoms with Crippen LogP contribution in [-0.2, 0) is 4.79 Å². The van der Waals surface area contributed by atoms with Crippen molar-refractivity contribution in [1.29, 1.82) is 0 Å². The average Bonchev–Trinajstić information content (AvgIpc) is 3.00. The fourth-order valence-electron chi connectivity index (χ4n) is 1.63. The maximum Gasteiger partial charge on any atom is 0.321 e. The SMILES string of the molecule is CCNC(=O)NC(=O)CSc1n[nH]c(/C=C/c2ccccc2)n1. The zero-order valence-corrected chi connectivity index (χ0v) is 13.4. The van der Waals surface area contributed by atoms with E-state index in [1.807, 2.05) is 36.4 Å². The van der Waals surface area contributed by atoms with E-state index in [0.29, 0.717) is 17.5 Å². The highest BCUT2D eigenvalue weighted by Crippen LogP contribution is 2.13. The van der Waals surface area contributed by atoms with E-state index in [1.54, 1.807) is 13.0 Å². The molecule has 0 aliphatic heterocycles. The Kier molecular flexibility index (Phi) is 6.37. The number of H-pyrrole nitrogens is 1. The number of hydrogen-bond acceptors (Lipinski definition) is 5. The average molecular weight is 331 g/mol. The maximum atomic E-state index is 11.5. The molecule has 0 aliphatic carbocycles. The molecule has 3 amide bonds. The van der Waals surface area contributed by atoms with Crippen LogP contribution in [0.2, 0.25) is 0 Å². The molecule has 2 rings (SSSR count). The Bertz CT molecular complexity index is 684. The summed E-state index contributed by atoms with van der Waals surface area (Å²) in [7, 11) is 0. The highest BCUT2D eigenvalue weighted by Gasteiger charge is 2.09. The van der Waals surface area contributed by atoms with Crippen molar-refractivity contribution in [1.82, 2.24) is 25.8 Å². The van der Waals surface area contributed by atoms with Gasteiger partial charge in [-0.05, 0) is 18.6 Å². The van der Waals surface area contributed by atoms with E-state index < -0.39 is 11.9 Å². The number of aromatic nitrogens is 3. The van der Waals surface area contributed by atoms with Crippen LogP contribution in [0.15, 0.2) is 35.5 Å². The molecule has 0 radical (unpaired) electrons. The Morgan fingerprint density at radius 3 is 2.78 bits per heavy atom. The van der Waals surface area contributed by atoms with Crippen LogP contribution in [-0.4, -0.2) is 39.4 Å². The molecule has 1 aromatic carbocycles. The molecule has 0 unspecified atom stereocenters. The van der Waals surface area contributed by atoms with Crippen LogP contribution in [0.3, 0.4) is 0 Å². The number of aromatic amines is 1. The zero-order chi connectivity index (χ0) is 16.5. The molecule has 0 atom stereocenters. The predicted octanol–water partition coefficient (Wildman–Crippen LogP) is 1.91. The van der Waals surface area contributed by atoms with Gasteiger partial charge in [-0.3, -0.25) is 15.2 Å². The predicted molar refractivity (Wildman–Crippen MR) is 89.7 cm³/mol. The topological polar surface area (TPSA) is 99.8 Å². The molecule has 1 aromatic heterocycles. The summed E-state index contributed by atoms with van der Waals surface area (Å²) in [6.45, 7) is 2.24. The lowest BCUT2D eigenvalue weighted by Crippen LogP contribution is -2.40. The fourth-order valence-corrected chi connectivity index (χ4v) is 2.24. The summed E-state index contributed by atoms with van der Waals surface area (Å²) >= 11 is 1.15. The lowest BCUT2D eigenvalue weighted by Gasteiger charge is -2.02. The number of urea groups is 1. The number of nitrogens with one attached hydrogen (secondary N) is 3. The second-order valence-corrected chi connectivity index (χ2v) is 5.39. The first-order valence-corrected chi connectivity index (χ1v) is 8.02. The molecule has 120 valence electrons. The second kappa shape index (κ2) is 8.74. The molecule has 1 heterocycles. The Morgan fingerprint density at radius 2 is 2.04 bits per heavy atom. The monoisotopic (exact) mass is 331 g/mol. The van der Waals surface area contributed by atoms with Crippen molar-refractivity contribution in [3.05, 3.63) is 41.7 Å². The first-order valence-electron chi connectivity index (χ1n) is 7.03. The quantitative estimate of drug-likeness (QED) is 0.702. The van der Waals surface area contributed by atoms with Gasteiger partial charge in [0.15, 0.2) is 0 Å². The van der Waals surface area contributed by atoms with Gasteiger partial charge in [-0.2, -0.15) is 0 Å². The summed E-state index contributed by atoms with van der Waals surface area (Å²) in [5.41, 5.74) is 1.06. The molecule has 0 bridgehead atoms. The van der Waals surface area contributed by atoms with Gasteiger partial charge in [-0.15, -0.1) is 5.10 Å². The fraction of sp³-hybridized carbons (Fsp3) is 0.200. The van der Waals surface area contributed by atoms with E-state index in [0.717, 1.165) is 17.3 Å². The summed E-state index contributed by atoms with van der Waals surface area (Å²) in [6, 6.07) is 9.32. The van der Waals surface area contributed by atoms with Crippen molar-refractivity contribution in [3.8, 4) is 0 Å². The Labute approximate surface area is 138 Å². The van der Waals surface area contributed by atoms with Crippen molar-refractivity contribution in [2.45, 2.75) is 12.1 Å². The molecule has 2 aromatic rings. The summed E-state index contributed by atoms with van der Waals surface area (Å²) in [5, 5.41) is 11.9. The van der Waals surface area contributed by atoms with Crippen LogP contribution in [0.1, 0.15) is 18.3 Å². The van der Waals surface area contributed by atoms with Gasteiger partial charge in [-0.1, -0.05) is 48.2 Å². The molecular weight excluding hydrogens is 314 g/mol. The number of hydrogen-bond donors (Lipinski definition) is 3. The third-order valence-corrected chi connectivity index (χ3v) is 3.49. The van der Waals surface area contributed by atoms with E-state index in [4.69, 9.17) is 0 Å². The second-order valence-electron chi connectivity index (χ2n) is 4.44. The molecule has 0 saturated heterocycles. The van der Waals surface area contributed by atoms with Gasteiger partial charge >= 0.3 is 6.03 Å². The Balaban J connectivity index is 1.82. The summed E-state index contributed by atoms with van der Waals surface area (Å²) < 4.78 is 0. The van der Waals surface area contributed by atoms with Crippen LogP contribution < -0.4 is 10.6 Å². The number of benzene rings is 1. The lowest BCUT2D eigenvalue weighted by molar-refractivity contribution is -0.117. The number of imide groups is 1. The smallest absolute Gasteiger partial charge is 0.321 e. The molecule has 3 N–H and O–H groups in total. The third kappa shape index (κ3) is 5.95. The van der Waals surface area contributed by atoms with Gasteiger partial charge in [0.2, 0.25) is 11.1 Å². The van der Waals surface area contributed by atoms with Crippen molar-refractivity contribution in [2.24, 2.45) is 0 Å². The van der Waals surface area contributed by atoms with Crippen molar-refractivity contribution in [3.63, 3.8) is 0 Å². The third-order valence-electron chi connectivity index (χ3n) is 2.64. The number of carbonyl (C=O) groups is 2. The normalized spacial score (nSPS) is 10.7. The standard InChI is InChI=1S/C15H17N5O2S/c1-2-16-14(22)18-13(21)10-23-15-17-12(19-20-15)9-8-11-6-4-3-5-7-11/h3-9H,2,10H2,1H3,(H,17,19,20)(H2,16,18,21,22)/b9-8+. The maximum absolute atomic E-state index is 11.5. The number of rotatable bonds is 6. The number of amides is 3. The van der Waals surface area contributed by atoms with Crippen molar-refractivity contribution >= 4 is 35.9 Å².